The van der Waals surface area contributed by atoms with Gasteiger partial charge in [-0.25, -0.2) is 9.78 Å². The number of benzene rings is 2. The van der Waals surface area contributed by atoms with Crippen molar-refractivity contribution < 1.29 is 9.53 Å². The van der Waals surface area contributed by atoms with E-state index in [0.717, 1.165) is 11.3 Å². The second-order valence-electron chi connectivity index (χ2n) is 8.22. The van der Waals surface area contributed by atoms with Crippen molar-refractivity contribution in [1.82, 2.24) is 4.98 Å². The number of aromatic nitrogens is 1. The van der Waals surface area contributed by atoms with Gasteiger partial charge in [-0.15, -0.1) is 0 Å². The van der Waals surface area contributed by atoms with E-state index in [-0.39, 0.29) is 11.4 Å². The van der Waals surface area contributed by atoms with Crippen LogP contribution >= 0.6 is 0 Å². The van der Waals surface area contributed by atoms with E-state index < -0.39 is 0 Å². The minimum Gasteiger partial charge on any atom is -0.437 e. The van der Waals surface area contributed by atoms with Gasteiger partial charge in [0.05, 0.1) is 0 Å². The number of carbonyl (C=O) groups excluding carboxylic acids is 1. The van der Waals surface area contributed by atoms with Gasteiger partial charge < -0.3 is 20.3 Å². The smallest absolute Gasteiger partial charge is 0.323 e. The van der Waals surface area contributed by atoms with E-state index in [1.54, 1.807) is 18.3 Å². The molecule has 0 atom stereocenters. The minimum absolute atomic E-state index is 0.0882. The highest BCUT2D eigenvalue weighted by molar-refractivity contribution is 6.00. The van der Waals surface area contributed by atoms with Crippen molar-refractivity contribution in [2.24, 2.45) is 0 Å². The largest absolute Gasteiger partial charge is 0.437 e. The monoisotopic (exact) mass is 404 g/mol. The normalized spacial score (nSPS) is 11.0. The maximum Gasteiger partial charge on any atom is 0.323 e. The van der Waals surface area contributed by atoms with Gasteiger partial charge in [0.2, 0.25) is 5.88 Å². The molecule has 1 heterocycles. The Balaban J connectivity index is 1.75. The standard InChI is InChI=1S/C24H28N4O2/c1-24(2,3)19-9-6-7-11-21(19)30-22-20(10-8-16-25-22)27-23(29)26-17-12-14-18(15-13-17)28(4)5/h6-16H,1-5H3,(H2,26,27,29). The number of nitrogens with one attached hydrogen (secondary N) is 2. The van der Waals surface area contributed by atoms with Crippen molar-refractivity contribution >= 4 is 23.1 Å². The fourth-order valence-corrected chi connectivity index (χ4v) is 2.97. The van der Waals surface area contributed by atoms with Crippen LogP contribution in [0.2, 0.25) is 0 Å². The van der Waals surface area contributed by atoms with Crippen molar-refractivity contribution in [1.29, 1.82) is 0 Å². The number of ether oxygens (including phenoxy) is 1. The molecule has 3 rings (SSSR count). The Morgan fingerprint density at radius 2 is 1.63 bits per heavy atom. The molecule has 2 N–H and O–H groups in total. The molecule has 2 aromatic carbocycles. The molecule has 2 amide bonds. The Morgan fingerprint density at radius 3 is 2.30 bits per heavy atom. The molecule has 0 aliphatic carbocycles. The van der Waals surface area contributed by atoms with Crippen LogP contribution in [0, 0.1) is 0 Å². The van der Waals surface area contributed by atoms with Crippen LogP contribution in [0.4, 0.5) is 21.9 Å². The zero-order chi connectivity index (χ0) is 21.7. The summed E-state index contributed by atoms with van der Waals surface area (Å²) in [6, 6.07) is 18.6. The maximum atomic E-state index is 12.5. The van der Waals surface area contributed by atoms with Crippen molar-refractivity contribution in [3.63, 3.8) is 0 Å². The van der Waals surface area contributed by atoms with Crippen molar-refractivity contribution in [3.8, 4) is 11.6 Å². The third kappa shape index (κ3) is 5.29. The first-order valence-electron chi connectivity index (χ1n) is 9.82. The maximum absolute atomic E-state index is 12.5. The number of amides is 2. The molecule has 156 valence electrons. The molecule has 0 saturated carbocycles. The summed E-state index contributed by atoms with van der Waals surface area (Å²) >= 11 is 0. The quantitative estimate of drug-likeness (QED) is 0.557. The zero-order valence-electron chi connectivity index (χ0n) is 18.1. The first-order valence-corrected chi connectivity index (χ1v) is 9.82. The third-order valence-electron chi connectivity index (χ3n) is 4.56. The average molecular weight is 405 g/mol. The highest BCUT2D eigenvalue weighted by Crippen LogP contribution is 2.35. The number of carbonyl (C=O) groups is 1. The second kappa shape index (κ2) is 8.86. The topological polar surface area (TPSA) is 66.5 Å². The number of urea groups is 1. The van der Waals surface area contributed by atoms with Gasteiger partial charge in [-0.05, 0) is 47.9 Å². The van der Waals surface area contributed by atoms with Gasteiger partial charge in [-0.2, -0.15) is 0 Å². The van der Waals surface area contributed by atoms with E-state index in [9.17, 15) is 4.79 Å². The summed E-state index contributed by atoms with van der Waals surface area (Å²) in [6.45, 7) is 6.38. The Labute approximate surface area is 177 Å². The predicted molar refractivity (Wildman–Crippen MR) is 123 cm³/mol. The van der Waals surface area contributed by atoms with Gasteiger partial charge in [0.15, 0.2) is 0 Å². The van der Waals surface area contributed by atoms with Crippen LogP contribution in [-0.2, 0) is 5.41 Å². The van der Waals surface area contributed by atoms with Crippen molar-refractivity contribution in [3.05, 3.63) is 72.4 Å². The van der Waals surface area contributed by atoms with Crippen molar-refractivity contribution in [2.75, 3.05) is 29.6 Å². The van der Waals surface area contributed by atoms with E-state index in [1.165, 1.54) is 0 Å². The Morgan fingerprint density at radius 1 is 0.933 bits per heavy atom. The van der Waals surface area contributed by atoms with Gasteiger partial charge in [-0.1, -0.05) is 39.0 Å². The summed E-state index contributed by atoms with van der Waals surface area (Å²) in [5.74, 6) is 1.05. The highest BCUT2D eigenvalue weighted by atomic mass is 16.5. The molecule has 0 spiro atoms. The highest BCUT2D eigenvalue weighted by Gasteiger charge is 2.20. The van der Waals surface area contributed by atoms with Crippen LogP contribution < -0.4 is 20.3 Å². The first kappa shape index (κ1) is 21.2. The molecule has 0 radical (unpaired) electrons. The van der Waals surface area contributed by atoms with Crippen LogP contribution in [0.1, 0.15) is 26.3 Å². The Hall–Kier alpha value is -3.54. The summed E-state index contributed by atoms with van der Waals surface area (Å²) in [5.41, 5.74) is 3.22. The first-order chi connectivity index (χ1) is 14.2. The lowest BCUT2D eigenvalue weighted by Gasteiger charge is -2.22. The second-order valence-corrected chi connectivity index (χ2v) is 8.22. The zero-order valence-corrected chi connectivity index (χ0v) is 18.1. The summed E-state index contributed by atoms with van der Waals surface area (Å²) in [6.07, 6.45) is 1.64. The molecular formula is C24H28N4O2. The van der Waals surface area contributed by atoms with Gasteiger partial charge >= 0.3 is 6.03 Å². The molecule has 0 aliphatic heterocycles. The third-order valence-corrected chi connectivity index (χ3v) is 4.56. The molecule has 0 unspecified atom stereocenters. The van der Waals surface area contributed by atoms with Gasteiger partial charge in [-0.3, -0.25) is 0 Å². The molecule has 0 saturated heterocycles. The lowest BCUT2D eigenvalue weighted by molar-refractivity contribution is 0.262. The SMILES string of the molecule is CN(C)c1ccc(NC(=O)Nc2cccnc2Oc2ccccc2C(C)(C)C)cc1. The summed E-state index contributed by atoms with van der Waals surface area (Å²) in [4.78, 5) is 18.8. The van der Waals surface area contributed by atoms with Crippen LogP contribution in [0.3, 0.4) is 0 Å². The van der Waals surface area contributed by atoms with E-state index in [0.29, 0.717) is 23.0 Å². The van der Waals surface area contributed by atoms with Crippen molar-refractivity contribution in [2.45, 2.75) is 26.2 Å². The minimum atomic E-state index is -0.366. The number of para-hydroxylation sites is 1. The van der Waals surface area contributed by atoms with Crippen LogP contribution in [0.5, 0.6) is 11.6 Å². The van der Waals surface area contributed by atoms with E-state index in [1.807, 2.05) is 67.5 Å². The lowest BCUT2D eigenvalue weighted by Crippen LogP contribution is -2.20. The van der Waals surface area contributed by atoms with Gasteiger partial charge in [0.1, 0.15) is 11.4 Å². The molecule has 3 aromatic rings. The lowest BCUT2D eigenvalue weighted by atomic mass is 9.86. The number of hydrogen-bond donors (Lipinski definition) is 2. The molecule has 1 aromatic heterocycles. The van der Waals surface area contributed by atoms with E-state index in [2.05, 4.69) is 36.4 Å². The number of pyridine rings is 1. The molecule has 0 bridgehead atoms. The fraction of sp³-hybridized carbons (Fsp3) is 0.250. The summed E-state index contributed by atoms with van der Waals surface area (Å²) < 4.78 is 6.10. The van der Waals surface area contributed by atoms with Gasteiger partial charge in [0, 0.05) is 37.2 Å². The number of nitrogens with zero attached hydrogens (tertiary/aromatic N) is 2. The van der Waals surface area contributed by atoms with Gasteiger partial charge in [0.25, 0.3) is 0 Å². The predicted octanol–water partition coefficient (Wildman–Crippen LogP) is 5.88. The molecular weight excluding hydrogens is 376 g/mol. The number of hydrogen-bond acceptors (Lipinski definition) is 4. The number of anilines is 3. The number of rotatable bonds is 5. The molecule has 30 heavy (non-hydrogen) atoms. The molecule has 6 heteroatoms. The fourth-order valence-electron chi connectivity index (χ4n) is 2.97. The van der Waals surface area contributed by atoms with E-state index in [4.69, 9.17) is 4.74 Å². The summed E-state index contributed by atoms with van der Waals surface area (Å²) in [7, 11) is 3.94. The van der Waals surface area contributed by atoms with Crippen LogP contribution in [0.25, 0.3) is 0 Å². The van der Waals surface area contributed by atoms with Crippen LogP contribution in [-0.4, -0.2) is 25.1 Å². The Bertz CT molecular complexity index is 1010. The molecule has 0 fully saturated rings. The van der Waals surface area contributed by atoms with E-state index >= 15 is 0 Å². The average Bonchev–Trinajstić information content (AvgIpc) is 2.69. The summed E-state index contributed by atoms with van der Waals surface area (Å²) in [5, 5.41) is 5.66. The Kier molecular flexibility index (Phi) is 6.26. The molecule has 0 aliphatic rings. The van der Waals surface area contributed by atoms with Crippen LogP contribution in [0.15, 0.2) is 66.9 Å². The molecule has 6 nitrogen and oxygen atoms in total.